The van der Waals surface area contributed by atoms with Crippen LogP contribution in [0.2, 0.25) is 0 Å². The summed E-state index contributed by atoms with van der Waals surface area (Å²) in [7, 11) is -3.70. The van der Waals surface area contributed by atoms with Crippen LogP contribution in [0.3, 0.4) is 0 Å². The number of hydrogen-bond donors (Lipinski definition) is 2. The van der Waals surface area contributed by atoms with Gasteiger partial charge in [0.05, 0.1) is 11.4 Å². The number of hydrogen-bond acceptors (Lipinski definition) is 6. The van der Waals surface area contributed by atoms with Crippen LogP contribution in [0.5, 0.6) is 11.5 Å². The summed E-state index contributed by atoms with van der Waals surface area (Å²) in [5.41, 5.74) is 1.13. The van der Waals surface area contributed by atoms with Crippen molar-refractivity contribution in [2.45, 2.75) is 24.2 Å². The molecule has 2 aliphatic heterocycles. The quantitative estimate of drug-likeness (QED) is 0.581. The van der Waals surface area contributed by atoms with Crippen LogP contribution in [0.1, 0.15) is 18.4 Å². The fourth-order valence-electron chi connectivity index (χ4n) is 4.06. The molecular formula is C24H29N3O6S. The minimum absolute atomic E-state index is 0.0939. The Hall–Kier alpha value is -3.11. The second-order valence-electron chi connectivity index (χ2n) is 8.29. The highest BCUT2D eigenvalue weighted by molar-refractivity contribution is 7.89. The van der Waals surface area contributed by atoms with Crippen molar-refractivity contribution in [3.8, 4) is 11.5 Å². The zero-order valence-corrected chi connectivity index (χ0v) is 19.7. The molecule has 0 aliphatic carbocycles. The summed E-state index contributed by atoms with van der Waals surface area (Å²) in [6.07, 6.45) is 1.51. The second-order valence-corrected chi connectivity index (χ2v) is 10.2. The number of sulfonamides is 1. The van der Waals surface area contributed by atoms with Crippen LogP contribution >= 0.6 is 0 Å². The van der Waals surface area contributed by atoms with Gasteiger partial charge in [-0.3, -0.25) is 9.59 Å². The molecule has 2 aliphatic rings. The summed E-state index contributed by atoms with van der Waals surface area (Å²) >= 11 is 0. The van der Waals surface area contributed by atoms with E-state index in [1.165, 1.54) is 16.4 Å². The molecule has 0 radical (unpaired) electrons. The standard InChI is InChI=1S/C24H29N3O6S/c28-23(25-11-8-18-4-2-1-3-5-18)17-26-24(29)19-9-12-27(13-10-19)34(30,31)20-6-7-21-22(16-20)33-15-14-32-21/h1-7,16,19H,8-15,17H2,(H,25,28)(H,26,29). The summed E-state index contributed by atoms with van der Waals surface area (Å²) in [6, 6.07) is 14.4. The number of nitrogens with zero attached hydrogens (tertiary/aromatic N) is 1. The molecule has 182 valence electrons. The highest BCUT2D eigenvalue weighted by Gasteiger charge is 2.33. The van der Waals surface area contributed by atoms with E-state index in [0.717, 1.165) is 12.0 Å². The Morgan fingerprint density at radius 2 is 1.65 bits per heavy atom. The molecule has 0 unspecified atom stereocenters. The Balaban J connectivity index is 1.21. The Kier molecular flexibility index (Phi) is 7.69. The number of fused-ring (bicyclic) bond motifs is 1. The van der Waals surface area contributed by atoms with Gasteiger partial charge in [0.15, 0.2) is 11.5 Å². The zero-order valence-electron chi connectivity index (χ0n) is 18.9. The molecule has 0 saturated carbocycles. The molecule has 0 spiro atoms. The van der Waals surface area contributed by atoms with Crippen molar-refractivity contribution in [1.82, 2.24) is 14.9 Å². The van der Waals surface area contributed by atoms with Crippen LogP contribution < -0.4 is 20.1 Å². The smallest absolute Gasteiger partial charge is 0.243 e. The van der Waals surface area contributed by atoms with Crippen molar-refractivity contribution in [3.63, 3.8) is 0 Å². The van der Waals surface area contributed by atoms with Crippen molar-refractivity contribution in [2.24, 2.45) is 5.92 Å². The van der Waals surface area contributed by atoms with Gasteiger partial charge in [0.1, 0.15) is 13.2 Å². The first-order chi connectivity index (χ1) is 16.4. The molecule has 0 bridgehead atoms. The molecule has 1 fully saturated rings. The normalized spacial score (nSPS) is 16.6. The summed E-state index contributed by atoms with van der Waals surface area (Å²) in [6.45, 7) is 1.68. The third kappa shape index (κ3) is 5.87. The van der Waals surface area contributed by atoms with Crippen LogP contribution in [0.25, 0.3) is 0 Å². The van der Waals surface area contributed by atoms with Crippen LogP contribution in [-0.2, 0) is 26.0 Å². The van der Waals surface area contributed by atoms with Gasteiger partial charge in [0.25, 0.3) is 0 Å². The Morgan fingerprint density at radius 3 is 2.38 bits per heavy atom. The first-order valence-electron chi connectivity index (χ1n) is 11.4. The molecule has 9 nitrogen and oxygen atoms in total. The lowest BCUT2D eigenvalue weighted by Crippen LogP contribution is -2.45. The molecule has 34 heavy (non-hydrogen) atoms. The van der Waals surface area contributed by atoms with Gasteiger partial charge in [-0.15, -0.1) is 0 Å². The van der Waals surface area contributed by atoms with Gasteiger partial charge in [-0.25, -0.2) is 8.42 Å². The molecule has 4 rings (SSSR count). The maximum absolute atomic E-state index is 13.0. The lowest BCUT2D eigenvalue weighted by atomic mass is 9.97. The third-order valence-electron chi connectivity index (χ3n) is 5.98. The van der Waals surface area contributed by atoms with Gasteiger partial charge >= 0.3 is 0 Å². The van der Waals surface area contributed by atoms with Gasteiger partial charge in [-0.1, -0.05) is 30.3 Å². The van der Waals surface area contributed by atoms with Crippen molar-refractivity contribution >= 4 is 21.8 Å². The minimum Gasteiger partial charge on any atom is -0.486 e. The summed E-state index contributed by atoms with van der Waals surface area (Å²) in [4.78, 5) is 24.7. The lowest BCUT2D eigenvalue weighted by molar-refractivity contribution is -0.129. The van der Waals surface area contributed by atoms with E-state index in [1.807, 2.05) is 30.3 Å². The van der Waals surface area contributed by atoms with E-state index in [4.69, 9.17) is 9.47 Å². The summed E-state index contributed by atoms with van der Waals surface area (Å²) in [5, 5.41) is 5.47. The highest BCUT2D eigenvalue weighted by atomic mass is 32.2. The van der Waals surface area contributed by atoms with Crippen LogP contribution in [0, 0.1) is 5.92 Å². The Bertz CT molecular complexity index is 1110. The van der Waals surface area contributed by atoms with Crippen LogP contribution in [0.15, 0.2) is 53.4 Å². The largest absolute Gasteiger partial charge is 0.486 e. The third-order valence-corrected chi connectivity index (χ3v) is 7.87. The van der Waals surface area contributed by atoms with E-state index in [9.17, 15) is 18.0 Å². The van der Waals surface area contributed by atoms with E-state index in [2.05, 4.69) is 10.6 Å². The molecule has 0 atom stereocenters. The van der Waals surface area contributed by atoms with Gasteiger partial charge in [-0.05, 0) is 37.0 Å². The molecule has 2 aromatic carbocycles. The molecule has 0 aromatic heterocycles. The van der Waals surface area contributed by atoms with E-state index in [-0.39, 0.29) is 42.3 Å². The van der Waals surface area contributed by atoms with Crippen molar-refractivity contribution in [2.75, 3.05) is 39.4 Å². The highest BCUT2D eigenvalue weighted by Crippen LogP contribution is 2.34. The average Bonchev–Trinajstić information content (AvgIpc) is 2.87. The molecule has 2 amide bonds. The SMILES string of the molecule is O=C(CNC(=O)C1CCN(S(=O)(=O)c2ccc3c(c2)OCCO3)CC1)NCCc1ccccc1. The van der Waals surface area contributed by atoms with E-state index >= 15 is 0 Å². The van der Waals surface area contributed by atoms with Gasteiger partial charge in [-0.2, -0.15) is 4.31 Å². The monoisotopic (exact) mass is 487 g/mol. The number of piperidine rings is 1. The maximum Gasteiger partial charge on any atom is 0.243 e. The molecular weight excluding hydrogens is 458 g/mol. The fraction of sp³-hybridized carbons (Fsp3) is 0.417. The predicted molar refractivity (Wildman–Crippen MR) is 125 cm³/mol. The minimum atomic E-state index is -3.70. The van der Waals surface area contributed by atoms with Crippen molar-refractivity contribution in [3.05, 3.63) is 54.1 Å². The first kappa shape index (κ1) is 24.0. The average molecular weight is 488 g/mol. The van der Waals surface area contributed by atoms with Gasteiger partial charge < -0.3 is 20.1 Å². The zero-order chi connectivity index (χ0) is 24.0. The number of carbonyl (C=O) groups excluding carboxylic acids is 2. The van der Waals surface area contributed by atoms with Crippen molar-refractivity contribution < 1.29 is 27.5 Å². The molecule has 10 heteroatoms. The number of nitrogens with one attached hydrogen (secondary N) is 2. The Morgan fingerprint density at radius 1 is 0.941 bits per heavy atom. The number of rotatable bonds is 8. The van der Waals surface area contributed by atoms with E-state index in [0.29, 0.717) is 44.1 Å². The molecule has 2 aromatic rings. The summed E-state index contributed by atoms with van der Waals surface area (Å²) < 4.78 is 38.4. The molecule has 1 saturated heterocycles. The molecule has 2 heterocycles. The fourth-order valence-corrected chi connectivity index (χ4v) is 5.54. The molecule has 2 N–H and O–H groups in total. The first-order valence-corrected chi connectivity index (χ1v) is 12.9. The van der Waals surface area contributed by atoms with Crippen LogP contribution in [-0.4, -0.2) is 63.9 Å². The van der Waals surface area contributed by atoms with Gasteiger partial charge in [0, 0.05) is 31.6 Å². The van der Waals surface area contributed by atoms with E-state index in [1.54, 1.807) is 6.07 Å². The van der Waals surface area contributed by atoms with Crippen molar-refractivity contribution in [1.29, 1.82) is 0 Å². The lowest BCUT2D eigenvalue weighted by Gasteiger charge is -2.30. The number of amides is 2. The summed E-state index contributed by atoms with van der Waals surface area (Å²) in [5.74, 6) is 0.148. The number of benzene rings is 2. The topological polar surface area (TPSA) is 114 Å². The van der Waals surface area contributed by atoms with Gasteiger partial charge in [0.2, 0.25) is 21.8 Å². The number of ether oxygens (including phenoxy) is 2. The maximum atomic E-state index is 13.0. The predicted octanol–water partition coefficient (Wildman–Crippen LogP) is 1.33. The van der Waals surface area contributed by atoms with Crippen LogP contribution in [0.4, 0.5) is 0 Å². The Labute approximate surface area is 199 Å². The second kappa shape index (κ2) is 10.9. The number of carbonyl (C=O) groups is 2. The van der Waals surface area contributed by atoms with E-state index < -0.39 is 10.0 Å².